The normalized spacial score (nSPS) is 11.6. The van der Waals surface area contributed by atoms with Crippen LogP contribution in [0.25, 0.3) is 0 Å². The molecule has 5 nitrogen and oxygen atoms in total. The van der Waals surface area contributed by atoms with E-state index < -0.39 is 6.04 Å². The topological polar surface area (TPSA) is 59.6 Å². The molecule has 1 amide bonds. The van der Waals surface area contributed by atoms with Crippen LogP contribution in [-0.4, -0.2) is 32.7 Å². The van der Waals surface area contributed by atoms with Gasteiger partial charge in [0.1, 0.15) is 17.5 Å². The van der Waals surface area contributed by atoms with Gasteiger partial charge in [-0.2, -0.15) is 0 Å². The summed E-state index contributed by atoms with van der Waals surface area (Å²) in [7, 11) is 3.08. The molecule has 0 fully saturated rings. The number of likely N-dealkylation sites (N-methyl/N-ethyl adjacent to an activating group) is 1. The number of amides is 1. The fourth-order valence-corrected chi connectivity index (χ4v) is 1.84. The van der Waals surface area contributed by atoms with Gasteiger partial charge >= 0.3 is 0 Å². The van der Waals surface area contributed by atoms with Crippen LogP contribution in [0.2, 0.25) is 5.02 Å². The zero-order valence-electron chi connectivity index (χ0n) is 11.5. The van der Waals surface area contributed by atoms with Gasteiger partial charge in [-0.1, -0.05) is 11.6 Å². The van der Waals surface area contributed by atoms with Gasteiger partial charge < -0.3 is 20.1 Å². The lowest BCUT2D eigenvalue weighted by molar-refractivity contribution is -0.121. The summed E-state index contributed by atoms with van der Waals surface area (Å²) in [6, 6.07) is 2.96. The molecule has 1 aromatic carbocycles. The number of ether oxygens (including phenoxy) is 2. The number of nitrogens with one attached hydrogen (secondary N) is 2. The number of benzene rings is 1. The number of carbonyl (C=O) groups is 1. The van der Waals surface area contributed by atoms with E-state index in [-0.39, 0.29) is 5.91 Å². The van der Waals surface area contributed by atoms with Crippen molar-refractivity contribution in [2.45, 2.75) is 19.9 Å². The summed E-state index contributed by atoms with van der Waals surface area (Å²) in [5.41, 5.74) is 0.645. The average molecular weight is 287 g/mol. The molecule has 0 unspecified atom stereocenters. The second-order valence-corrected chi connectivity index (χ2v) is 4.35. The van der Waals surface area contributed by atoms with E-state index in [1.807, 2.05) is 6.92 Å². The minimum absolute atomic E-state index is 0.0866. The molecule has 0 saturated carbocycles. The second-order valence-electron chi connectivity index (χ2n) is 3.95. The lowest BCUT2D eigenvalue weighted by Crippen LogP contribution is -2.37. The summed E-state index contributed by atoms with van der Waals surface area (Å²) in [6.07, 6.45) is 0. The molecular formula is C13H19ClN2O3. The zero-order valence-corrected chi connectivity index (χ0v) is 12.3. The van der Waals surface area contributed by atoms with E-state index in [4.69, 9.17) is 21.1 Å². The fraction of sp³-hybridized carbons (Fsp3) is 0.462. The standard InChI is InChI=1S/C13H19ClN2O3/c1-5-15-13(17)8(2)16-10-6-9(14)11(18-3)7-12(10)19-4/h6-8,16H,5H2,1-4H3,(H,15,17)/t8-/m1/s1. The lowest BCUT2D eigenvalue weighted by Gasteiger charge is -2.18. The molecule has 2 N–H and O–H groups in total. The SMILES string of the molecule is CCNC(=O)[C@@H](C)Nc1cc(Cl)c(OC)cc1OC. The van der Waals surface area contributed by atoms with Gasteiger partial charge in [-0.3, -0.25) is 4.79 Å². The van der Waals surface area contributed by atoms with Crippen LogP contribution in [0.1, 0.15) is 13.8 Å². The monoisotopic (exact) mass is 286 g/mol. The highest BCUT2D eigenvalue weighted by Gasteiger charge is 2.16. The molecule has 0 bridgehead atoms. The minimum Gasteiger partial charge on any atom is -0.495 e. The first kappa shape index (κ1) is 15.4. The van der Waals surface area contributed by atoms with Crippen LogP contribution in [0.3, 0.4) is 0 Å². The highest BCUT2D eigenvalue weighted by Crippen LogP contribution is 2.36. The molecule has 0 radical (unpaired) electrons. The molecule has 0 aromatic heterocycles. The fourth-order valence-electron chi connectivity index (χ4n) is 1.60. The van der Waals surface area contributed by atoms with E-state index in [9.17, 15) is 4.79 Å². The van der Waals surface area contributed by atoms with Crippen molar-refractivity contribution in [3.8, 4) is 11.5 Å². The molecule has 6 heteroatoms. The Morgan fingerprint density at radius 3 is 2.47 bits per heavy atom. The predicted molar refractivity (Wildman–Crippen MR) is 76.3 cm³/mol. The Kier molecular flexibility index (Phi) is 5.76. The molecule has 1 rings (SSSR count). The maximum absolute atomic E-state index is 11.7. The van der Waals surface area contributed by atoms with Crippen LogP contribution in [0, 0.1) is 0 Å². The third-order valence-corrected chi connectivity index (χ3v) is 2.89. The highest BCUT2D eigenvalue weighted by atomic mass is 35.5. The first-order valence-corrected chi connectivity index (χ1v) is 6.37. The van der Waals surface area contributed by atoms with Gasteiger partial charge in [0.25, 0.3) is 0 Å². The average Bonchev–Trinajstić information content (AvgIpc) is 2.39. The van der Waals surface area contributed by atoms with Gasteiger partial charge in [-0.25, -0.2) is 0 Å². The lowest BCUT2D eigenvalue weighted by atomic mass is 10.2. The molecule has 106 valence electrons. The van der Waals surface area contributed by atoms with Crippen molar-refractivity contribution >= 4 is 23.2 Å². The summed E-state index contributed by atoms with van der Waals surface area (Å²) in [6.45, 7) is 4.23. The number of halogens is 1. The minimum atomic E-state index is -0.390. The Bertz CT molecular complexity index is 452. The summed E-state index contributed by atoms with van der Waals surface area (Å²) >= 11 is 6.06. The number of rotatable bonds is 6. The van der Waals surface area contributed by atoms with Crippen LogP contribution in [-0.2, 0) is 4.79 Å². The van der Waals surface area contributed by atoms with Crippen molar-refractivity contribution in [3.63, 3.8) is 0 Å². The van der Waals surface area contributed by atoms with Crippen molar-refractivity contribution in [3.05, 3.63) is 17.2 Å². The molecular weight excluding hydrogens is 268 g/mol. The zero-order chi connectivity index (χ0) is 14.4. The smallest absolute Gasteiger partial charge is 0.242 e. The third-order valence-electron chi connectivity index (χ3n) is 2.59. The van der Waals surface area contributed by atoms with Crippen molar-refractivity contribution in [1.82, 2.24) is 5.32 Å². The summed E-state index contributed by atoms with van der Waals surface area (Å²) in [5, 5.41) is 6.25. The largest absolute Gasteiger partial charge is 0.495 e. The van der Waals surface area contributed by atoms with Crippen LogP contribution >= 0.6 is 11.6 Å². The first-order valence-electron chi connectivity index (χ1n) is 5.99. The van der Waals surface area contributed by atoms with Crippen molar-refractivity contribution in [2.24, 2.45) is 0 Å². The molecule has 0 heterocycles. The molecule has 0 saturated heterocycles. The van der Waals surface area contributed by atoms with Crippen molar-refractivity contribution in [2.75, 3.05) is 26.1 Å². The molecule has 0 aliphatic rings. The van der Waals surface area contributed by atoms with Gasteiger partial charge in [0, 0.05) is 12.6 Å². The predicted octanol–water partition coefficient (Wildman–Crippen LogP) is 2.29. The summed E-state index contributed by atoms with van der Waals surface area (Å²) < 4.78 is 10.4. The Morgan fingerprint density at radius 2 is 1.95 bits per heavy atom. The maximum atomic E-state index is 11.7. The number of methoxy groups -OCH3 is 2. The Balaban J connectivity index is 2.94. The molecule has 0 spiro atoms. The number of carbonyl (C=O) groups excluding carboxylic acids is 1. The molecule has 0 aliphatic carbocycles. The van der Waals surface area contributed by atoms with Gasteiger partial charge in [-0.05, 0) is 19.9 Å². The Hall–Kier alpha value is -1.62. The van der Waals surface area contributed by atoms with Gasteiger partial charge in [0.2, 0.25) is 5.91 Å². The quantitative estimate of drug-likeness (QED) is 0.842. The Labute approximate surface area is 118 Å². The van der Waals surface area contributed by atoms with Gasteiger partial charge in [0.15, 0.2) is 0 Å². The van der Waals surface area contributed by atoms with Crippen LogP contribution < -0.4 is 20.1 Å². The third kappa shape index (κ3) is 3.92. The van der Waals surface area contributed by atoms with E-state index in [1.54, 1.807) is 26.2 Å². The van der Waals surface area contributed by atoms with E-state index in [1.165, 1.54) is 7.11 Å². The Morgan fingerprint density at radius 1 is 1.32 bits per heavy atom. The number of hydrogen-bond donors (Lipinski definition) is 2. The van der Waals surface area contributed by atoms with Crippen LogP contribution in [0.5, 0.6) is 11.5 Å². The van der Waals surface area contributed by atoms with Gasteiger partial charge in [0.05, 0.1) is 24.9 Å². The summed E-state index contributed by atoms with van der Waals surface area (Å²) in [5.74, 6) is 1.00. The van der Waals surface area contributed by atoms with E-state index in [2.05, 4.69) is 10.6 Å². The van der Waals surface area contributed by atoms with Crippen molar-refractivity contribution in [1.29, 1.82) is 0 Å². The molecule has 19 heavy (non-hydrogen) atoms. The molecule has 1 atom stereocenters. The summed E-state index contributed by atoms with van der Waals surface area (Å²) in [4.78, 5) is 11.7. The van der Waals surface area contributed by atoms with E-state index in [0.29, 0.717) is 28.8 Å². The molecule has 1 aromatic rings. The first-order chi connectivity index (χ1) is 9.03. The number of hydrogen-bond acceptors (Lipinski definition) is 4. The highest BCUT2D eigenvalue weighted by molar-refractivity contribution is 6.32. The van der Waals surface area contributed by atoms with E-state index in [0.717, 1.165) is 0 Å². The number of anilines is 1. The molecule has 0 aliphatic heterocycles. The maximum Gasteiger partial charge on any atom is 0.242 e. The van der Waals surface area contributed by atoms with Crippen LogP contribution in [0.15, 0.2) is 12.1 Å². The van der Waals surface area contributed by atoms with Gasteiger partial charge in [-0.15, -0.1) is 0 Å². The van der Waals surface area contributed by atoms with E-state index >= 15 is 0 Å². The second kappa shape index (κ2) is 7.09. The van der Waals surface area contributed by atoms with Crippen LogP contribution in [0.4, 0.5) is 5.69 Å². The van der Waals surface area contributed by atoms with Crippen molar-refractivity contribution < 1.29 is 14.3 Å².